The zero-order valence-electron chi connectivity index (χ0n) is 12.1. The summed E-state index contributed by atoms with van der Waals surface area (Å²) in [5, 5.41) is 0.774. The van der Waals surface area contributed by atoms with Crippen LogP contribution >= 0.6 is 50.5 Å². The second kappa shape index (κ2) is 7.12. The molecule has 3 nitrogen and oxygen atoms in total. The monoisotopic (exact) mass is 438 g/mol. The summed E-state index contributed by atoms with van der Waals surface area (Å²) in [7, 11) is 0. The summed E-state index contributed by atoms with van der Waals surface area (Å²) >= 11 is 16.7. The van der Waals surface area contributed by atoms with E-state index in [-0.39, 0.29) is 0 Å². The highest BCUT2D eigenvalue weighted by Crippen LogP contribution is 2.23. The third kappa shape index (κ3) is 3.57. The zero-order chi connectivity index (χ0) is 17.3. The lowest BCUT2D eigenvalue weighted by atomic mass is 10.2. The maximum absolute atomic E-state index is 12.5. The van der Waals surface area contributed by atoms with Crippen LogP contribution in [0.5, 0.6) is 0 Å². The average molecular weight is 440 g/mol. The molecular formula is C17H9BrCl2N2OS. The van der Waals surface area contributed by atoms with Gasteiger partial charge in [-0.25, -0.2) is 0 Å². The van der Waals surface area contributed by atoms with Gasteiger partial charge in [0.05, 0.1) is 16.8 Å². The minimum Gasteiger partial charge on any atom is -0.305 e. The fourth-order valence-electron chi connectivity index (χ4n) is 2.21. The molecule has 0 unspecified atom stereocenters. The van der Waals surface area contributed by atoms with Crippen molar-refractivity contribution in [3.05, 3.63) is 61.3 Å². The molecule has 0 atom stereocenters. The summed E-state index contributed by atoms with van der Waals surface area (Å²) in [6, 6.07) is 10.5. The Bertz CT molecular complexity index is 1040. The molecule has 7 heteroatoms. The highest BCUT2D eigenvalue weighted by molar-refractivity contribution is 9.10. The lowest BCUT2D eigenvalue weighted by molar-refractivity contribution is 0.0998. The van der Waals surface area contributed by atoms with Crippen molar-refractivity contribution in [1.29, 1.82) is 0 Å². The van der Waals surface area contributed by atoms with Crippen LogP contribution in [0.3, 0.4) is 0 Å². The summed E-state index contributed by atoms with van der Waals surface area (Å²) in [6.45, 7) is 0.323. The van der Waals surface area contributed by atoms with Crippen molar-refractivity contribution in [3.8, 4) is 12.3 Å². The first-order valence-electron chi connectivity index (χ1n) is 6.75. The van der Waals surface area contributed by atoms with Gasteiger partial charge in [0.15, 0.2) is 4.80 Å². The van der Waals surface area contributed by atoms with Crippen molar-refractivity contribution in [2.45, 2.75) is 6.54 Å². The highest BCUT2D eigenvalue weighted by Gasteiger charge is 2.10. The van der Waals surface area contributed by atoms with E-state index in [2.05, 4.69) is 26.8 Å². The van der Waals surface area contributed by atoms with Crippen LogP contribution in [0.2, 0.25) is 10.0 Å². The van der Waals surface area contributed by atoms with E-state index in [4.69, 9.17) is 29.6 Å². The topological polar surface area (TPSA) is 34.4 Å². The van der Waals surface area contributed by atoms with Gasteiger partial charge in [-0.1, -0.05) is 56.4 Å². The molecule has 0 aliphatic carbocycles. The molecule has 0 spiro atoms. The molecule has 0 aliphatic heterocycles. The molecule has 0 saturated carbocycles. The summed E-state index contributed by atoms with van der Waals surface area (Å²) in [6.07, 6.45) is 5.45. The molecule has 0 fully saturated rings. The predicted octanol–water partition coefficient (Wildman–Crippen LogP) is 5.15. The van der Waals surface area contributed by atoms with Crippen molar-refractivity contribution in [3.63, 3.8) is 0 Å². The molecule has 0 N–H and O–H groups in total. The second-order valence-electron chi connectivity index (χ2n) is 4.86. The molecule has 0 aliphatic rings. The van der Waals surface area contributed by atoms with Gasteiger partial charge in [-0.3, -0.25) is 4.79 Å². The molecule has 1 heterocycles. The van der Waals surface area contributed by atoms with E-state index in [9.17, 15) is 4.79 Å². The molecule has 0 bridgehead atoms. The SMILES string of the molecule is C#CCn1c(=NC(=O)c2cc(Cl)cc(Cl)c2)sc2cc(Br)ccc21. The normalized spacial score (nSPS) is 11.7. The van der Waals surface area contributed by atoms with Gasteiger partial charge in [0.1, 0.15) is 0 Å². The molecule has 3 rings (SSSR count). The highest BCUT2D eigenvalue weighted by atomic mass is 79.9. The number of fused-ring (bicyclic) bond motifs is 1. The third-order valence-electron chi connectivity index (χ3n) is 3.20. The number of benzene rings is 2. The minimum atomic E-state index is -0.421. The van der Waals surface area contributed by atoms with Crippen LogP contribution in [0.1, 0.15) is 10.4 Å². The number of halogens is 3. The van der Waals surface area contributed by atoms with Crippen molar-refractivity contribution in [2.75, 3.05) is 0 Å². The van der Waals surface area contributed by atoms with Crippen LogP contribution in [0.4, 0.5) is 0 Å². The maximum Gasteiger partial charge on any atom is 0.279 e. The Kier molecular flexibility index (Phi) is 5.12. The Labute approximate surface area is 160 Å². The standard InChI is InChI=1S/C17H9BrCl2N2OS/c1-2-5-22-14-4-3-11(18)8-15(14)24-17(22)21-16(23)10-6-12(19)9-13(20)7-10/h1,3-4,6-9H,5H2. The first-order chi connectivity index (χ1) is 11.5. The van der Waals surface area contributed by atoms with E-state index in [1.807, 2.05) is 22.8 Å². The number of carbonyl (C=O) groups is 1. The van der Waals surface area contributed by atoms with Gasteiger partial charge < -0.3 is 4.57 Å². The van der Waals surface area contributed by atoms with Crippen LogP contribution in [0.25, 0.3) is 10.2 Å². The van der Waals surface area contributed by atoms with Gasteiger partial charge in [-0.05, 0) is 36.4 Å². The smallest absolute Gasteiger partial charge is 0.279 e. The number of thiazole rings is 1. The summed E-state index contributed by atoms with van der Waals surface area (Å²) in [4.78, 5) is 17.2. The number of aromatic nitrogens is 1. The molecule has 1 aromatic heterocycles. The Morgan fingerprint density at radius 3 is 2.62 bits per heavy atom. The third-order valence-corrected chi connectivity index (χ3v) is 5.17. The number of hydrogen-bond donors (Lipinski definition) is 0. The van der Waals surface area contributed by atoms with Crippen molar-refractivity contribution < 1.29 is 4.79 Å². The average Bonchev–Trinajstić information content (AvgIpc) is 2.83. The Hall–Kier alpha value is -1.58. The van der Waals surface area contributed by atoms with E-state index >= 15 is 0 Å². The van der Waals surface area contributed by atoms with Crippen LogP contribution < -0.4 is 4.80 Å². The summed E-state index contributed by atoms with van der Waals surface area (Å²) in [5.41, 5.74) is 1.26. The Morgan fingerprint density at radius 1 is 1.25 bits per heavy atom. The van der Waals surface area contributed by atoms with E-state index in [1.165, 1.54) is 23.5 Å². The van der Waals surface area contributed by atoms with Gasteiger partial charge >= 0.3 is 0 Å². The van der Waals surface area contributed by atoms with Gasteiger partial charge in [0, 0.05) is 20.1 Å². The van der Waals surface area contributed by atoms with Gasteiger partial charge in [-0.2, -0.15) is 4.99 Å². The Morgan fingerprint density at radius 2 is 1.96 bits per heavy atom. The molecule has 2 aromatic carbocycles. The predicted molar refractivity (Wildman–Crippen MR) is 103 cm³/mol. The van der Waals surface area contributed by atoms with Crippen LogP contribution in [0, 0.1) is 12.3 Å². The number of hydrogen-bond acceptors (Lipinski definition) is 2. The number of terminal acetylenes is 1. The summed E-state index contributed by atoms with van der Waals surface area (Å²) in [5.74, 6) is 2.17. The summed E-state index contributed by atoms with van der Waals surface area (Å²) < 4.78 is 3.76. The molecule has 0 radical (unpaired) electrons. The molecular weight excluding hydrogens is 431 g/mol. The van der Waals surface area contributed by atoms with E-state index in [1.54, 1.807) is 6.07 Å². The van der Waals surface area contributed by atoms with Crippen molar-refractivity contribution >= 4 is 66.6 Å². The van der Waals surface area contributed by atoms with Crippen LogP contribution in [-0.4, -0.2) is 10.5 Å². The number of carbonyl (C=O) groups excluding carboxylic acids is 1. The quantitative estimate of drug-likeness (QED) is 0.508. The zero-order valence-corrected chi connectivity index (χ0v) is 16.0. The molecule has 0 saturated heterocycles. The van der Waals surface area contributed by atoms with E-state index in [0.29, 0.717) is 27.0 Å². The molecule has 3 aromatic rings. The van der Waals surface area contributed by atoms with Gasteiger partial charge in [0.25, 0.3) is 5.91 Å². The first-order valence-corrected chi connectivity index (χ1v) is 9.12. The number of amides is 1. The molecule has 1 amide bonds. The molecule has 24 heavy (non-hydrogen) atoms. The maximum atomic E-state index is 12.5. The lowest BCUT2D eigenvalue weighted by Gasteiger charge is -2.00. The van der Waals surface area contributed by atoms with Gasteiger partial charge in [-0.15, -0.1) is 6.42 Å². The number of rotatable bonds is 2. The van der Waals surface area contributed by atoms with Crippen molar-refractivity contribution in [2.24, 2.45) is 4.99 Å². The largest absolute Gasteiger partial charge is 0.305 e. The fraction of sp³-hybridized carbons (Fsp3) is 0.0588. The van der Waals surface area contributed by atoms with E-state index in [0.717, 1.165) is 14.7 Å². The van der Waals surface area contributed by atoms with E-state index < -0.39 is 5.91 Å². The number of nitrogens with zero attached hydrogens (tertiary/aromatic N) is 2. The fourth-order valence-corrected chi connectivity index (χ4v) is 4.31. The molecule has 120 valence electrons. The lowest BCUT2D eigenvalue weighted by Crippen LogP contribution is -2.16. The Balaban J connectivity index is 2.17. The van der Waals surface area contributed by atoms with Gasteiger partial charge in [0.2, 0.25) is 0 Å². The van der Waals surface area contributed by atoms with Crippen molar-refractivity contribution in [1.82, 2.24) is 4.57 Å². The first kappa shape index (κ1) is 17.2. The van der Waals surface area contributed by atoms with Crippen LogP contribution in [-0.2, 0) is 6.54 Å². The minimum absolute atomic E-state index is 0.323. The van der Waals surface area contributed by atoms with Crippen LogP contribution in [0.15, 0.2) is 45.9 Å². The second-order valence-corrected chi connectivity index (χ2v) is 7.66.